The highest BCUT2D eigenvalue weighted by Crippen LogP contribution is 2.24. The lowest BCUT2D eigenvalue weighted by atomic mass is 10.2. The van der Waals surface area contributed by atoms with Crippen LogP contribution in [0.25, 0.3) is 11.0 Å². The first-order valence-corrected chi connectivity index (χ1v) is 11.3. The number of hydrogen-bond acceptors (Lipinski definition) is 3. The zero-order valence-corrected chi connectivity index (χ0v) is 19.9. The summed E-state index contributed by atoms with van der Waals surface area (Å²) in [5, 5.41) is 6.13. The maximum absolute atomic E-state index is 14.2. The predicted octanol–water partition coefficient (Wildman–Crippen LogP) is 5.92. The van der Waals surface area contributed by atoms with Crippen LogP contribution in [0, 0.1) is 12.7 Å². The molecule has 3 aromatic carbocycles. The molecule has 6 nitrogen and oxygen atoms in total. The number of amides is 2. The van der Waals surface area contributed by atoms with Gasteiger partial charge in [-0.2, -0.15) is 0 Å². The summed E-state index contributed by atoms with van der Waals surface area (Å²) < 4.78 is 15.9. The van der Waals surface area contributed by atoms with E-state index in [2.05, 4.69) is 15.6 Å². The number of nitrogens with one attached hydrogen (secondary N) is 2. The Labute approximate surface area is 205 Å². The van der Waals surface area contributed by atoms with E-state index >= 15 is 0 Å². The number of carbonyl (C=O) groups is 2. The molecule has 34 heavy (non-hydrogen) atoms. The van der Waals surface area contributed by atoms with Crippen LogP contribution in [0.1, 0.15) is 34.7 Å². The minimum atomic E-state index is -0.560. The van der Waals surface area contributed by atoms with Crippen molar-refractivity contribution in [1.29, 1.82) is 0 Å². The molecule has 0 radical (unpaired) electrons. The summed E-state index contributed by atoms with van der Waals surface area (Å²) in [6, 6.07) is 16.0. The molecular weight excluding hydrogens is 478 g/mol. The third-order valence-corrected chi connectivity index (χ3v) is 5.84. The summed E-state index contributed by atoms with van der Waals surface area (Å²) in [5.74, 6) is -0.867. The second-order valence-electron chi connectivity index (χ2n) is 7.90. The normalized spacial score (nSPS) is 11.9. The van der Waals surface area contributed by atoms with Gasteiger partial charge in [0.05, 0.1) is 33.3 Å². The molecule has 0 saturated heterocycles. The van der Waals surface area contributed by atoms with E-state index in [0.717, 1.165) is 5.56 Å². The van der Waals surface area contributed by atoms with Crippen LogP contribution in [0.15, 0.2) is 60.7 Å². The van der Waals surface area contributed by atoms with Crippen molar-refractivity contribution < 1.29 is 14.0 Å². The Balaban J connectivity index is 1.60. The number of imidazole rings is 1. The van der Waals surface area contributed by atoms with Crippen LogP contribution in [0.3, 0.4) is 0 Å². The van der Waals surface area contributed by atoms with Gasteiger partial charge in [-0.1, -0.05) is 41.4 Å². The quantitative estimate of drug-likeness (QED) is 0.346. The summed E-state index contributed by atoms with van der Waals surface area (Å²) in [6.07, 6.45) is 0. The fraction of sp³-hybridized carbons (Fsp3) is 0.160. The van der Waals surface area contributed by atoms with Gasteiger partial charge >= 0.3 is 0 Å². The van der Waals surface area contributed by atoms with Gasteiger partial charge in [-0.15, -0.1) is 0 Å². The average molecular weight is 499 g/mol. The number of aryl methyl sites for hydroxylation is 1. The van der Waals surface area contributed by atoms with E-state index in [1.54, 1.807) is 36.6 Å². The Hall–Kier alpha value is -3.42. The Bertz CT molecular complexity index is 1400. The van der Waals surface area contributed by atoms with Crippen molar-refractivity contribution in [1.82, 2.24) is 14.9 Å². The Morgan fingerprint density at radius 3 is 2.59 bits per heavy atom. The molecule has 0 unspecified atom stereocenters. The molecule has 174 valence electrons. The topological polar surface area (TPSA) is 76.0 Å². The second kappa shape index (κ2) is 9.83. The second-order valence-corrected chi connectivity index (χ2v) is 8.74. The molecule has 0 bridgehead atoms. The number of anilines is 1. The standard InChI is InChI=1S/C25H21Cl2FN4O2/c1-14-7-10-20(19(28)11-14)30-23(33)13-32-22-6-4-3-5-21(22)31-24(32)15(2)29-25(34)17-9-8-16(26)12-18(17)27/h3-12,15H,13H2,1-2H3,(H,29,34)(H,30,33)/t15-/m0/s1. The van der Waals surface area contributed by atoms with Crippen LogP contribution in [-0.4, -0.2) is 21.4 Å². The first-order valence-electron chi connectivity index (χ1n) is 10.5. The summed E-state index contributed by atoms with van der Waals surface area (Å²) >= 11 is 12.1. The molecular formula is C25H21Cl2FN4O2. The van der Waals surface area contributed by atoms with Gasteiger partial charge in [-0.05, 0) is 61.9 Å². The van der Waals surface area contributed by atoms with E-state index in [-0.39, 0.29) is 22.8 Å². The highest BCUT2D eigenvalue weighted by molar-refractivity contribution is 6.36. The molecule has 4 rings (SSSR count). The van der Waals surface area contributed by atoms with Crippen LogP contribution < -0.4 is 10.6 Å². The molecule has 4 aromatic rings. The molecule has 0 saturated carbocycles. The molecule has 1 heterocycles. The fourth-order valence-corrected chi connectivity index (χ4v) is 4.15. The number of para-hydroxylation sites is 2. The lowest BCUT2D eigenvalue weighted by Crippen LogP contribution is -2.30. The van der Waals surface area contributed by atoms with Crippen molar-refractivity contribution in [2.24, 2.45) is 0 Å². The first-order chi connectivity index (χ1) is 16.2. The summed E-state index contributed by atoms with van der Waals surface area (Å²) in [6.45, 7) is 3.41. The zero-order valence-electron chi connectivity index (χ0n) is 18.4. The minimum absolute atomic E-state index is 0.0975. The largest absolute Gasteiger partial charge is 0.342 e. The van der Waals surface area contributed by atoms with Crippen molar-refractivity contribution >= 4 is 51.7 Å². The molecule has 1 atom stereocenters. The molecule has 0 aliphatic carbocycles. The monoisotopic (exact) mass is 498 g/mol. The van der Waals surface area contributed by atoms with Gasteiger partial charge in [0.25, 0.3) is 5.91 Å². The number of halogens is 3. The molecule has 2 N–H and O–H groups in total. The Morgan fingerprint density at radius 2 is 1.85 bits per heavy atom. The lowest BCUT2D eigenvalue weighted by molar-refractivity contribution is -0.116. The van der Waals surface area contributed by atoms with E-state index in [4.69, 9.17) is 23.2 Å². The highest BCUT2D eigenvalue weighted by atomic mass is 35.5. The van der Waals surface area contributed by atoms with Gasteiger partial charge in [-0.25, -0.2) is 9.37 Å². The molecule has 0 aliphatic heterocycles. The van der Waals surface area contributed by atoms with E-state index in [1.807, 2.05) is 24.3 Å². The van der Waals surface area contributed by atoms with E-state index < -0.39 is 23.7 Å². The Kier molecular flexibility index (Phi) is 6.86. The first kappa shape index (κ1) is 23.7. The van der Waals surface area contributed by atoms with Crippen molar-refractivity contribution in [3.8, 4) is 0 Å². The number of rotatable bonds is 6. The van der Waals surface area contributed by atoms with Crippen LogP contribution in [0.4, 0.5) is 10.1 Å². The van der Waals surface area contributed by atoms with Gasteiger partial charge in [0, 0.05) is 5.02 Å². The smallest absolute Gasteiger partial charge is 0.253 e. The van der Waals surface area contributed by atoms with Crippen LogP contribution in [-0.2, 0) is 11.3 Å². The van der Waals surface area contributed by atoms with E-state index in [9.17, 15) is 14.0 Å². The average Bonchev–Trinajstić information content (AvgIpc) is 3.14. The molecule has 0 aliphatic rings. The van der Waals surface area contributed by atoms with E-state index in [0.29, 0.717) is 21.9 Å². The SMILES string of the molecule is Cc1ccc(NC(=O)Cn2c([C@H](C)NC(=O)c3ccc(Cl)cc3Cl)nc3ccccc32)c(F)c1. The molecule has 9 heteroatoms. The molecule has 1 aromatic heterocycles. The summed E-state index contributed by atoms with van der Waals surface area (Å²) in [5.41, 5.74) is 2.50. The third-order valence-electron chi connectivity index (χ3n) is 5.30. The molecule has 2 amide bonds. The van der Waals surface area contributed by atoms with E-state index in [1.165, 1.54) is 18.2 Å². The summed E-state index contributed by atoms with van der Waals surface area (Å²) in [7, 11) is 0. The van der Waals surface area contributed by atoms with Gasteiger partial charge < -0.3 is 15.2 Å². The number of benzene rings is 3. The minimum Gasteiger partial charge on any atom is -0.342 e. The number of carbonyl (C=O) groups excluding carboxylic acids is 2. The number of nitrogens with zero attached hydrogens (tertiary/aromatic N) is 2. The van der Waals surface area contributed by atoms with Crippen molar-refractivity contribution in [2.45, 2.75) is 26.4 Å². The fourth-order valence-electron chi connectivity index (χ4n) is 3.66. The van der Waals surface area contributed by atoms with Crippen LogP contribution in [0.5, 0.6) is 0 Å². The molecule has 0 spiro atoms. The third kappa shape index (κ3) is 5.05. The van der Waals surface area contributed by atoms with Crippen molar-refractivity contribution in [2.75, 3.05) is 5.32 Å². The van der Waals surface area contributed by atoms with Gasteiger partial charge in [0.2, 0.25) is 5.91 Å². The van der Waals surface area contributed by atoms with Crippen LogP contribution >= 0.6 is 23.2 Å². The number of hydrogen-bond donors (Lipinski definition) is 2. The van der Waals surface area contributed by atoms with Crippen LogP contribution in [0.2, 0.25) is 10.0 Å². The zero-order chi connectivity index (χ0) is 24.4. The molecule has 0 fully saturated rings. The lowest BCUT2D eigenvalue weighted by Gasteiger charge is -2.17. The van der Waals surface area contributed by atoms with Gasteiger partial charge in [0.1, 0.15) is 18.2 Å². The van der Waals surface area contributed by atoms with Crippen molar-refractivity contribution in [3.63, 3.8) is 0 Å². The maximum Gasteiger partial charge on any atom is 0.253 e. The van der Waals surface area contributed by atoms with Crippen molar-refractivity contribution in [3.05, 3.63) is 93.5 Å². The highest BCUT2D eigenvalue weighted by Gasteiger charge is 2.22. The summed E-state index contributed by atoms with van der Waals surface area (Å²) in [4.78, 5) is 30.3. The maximum atomic E-state index is 14.2. The Morgan fingerprint density at radius 1 is 1.09 bits per heavy atom. The van der Waals surface area contributed by atoms with Gasteiger partial charge in [-0.3, -0.25) is 9.59 Å². The number of fused-ring (bicyclic) bond motifs is 1. The predicted molar refractivity (Wildman–Crippen MR) is 132 cm³/mol. The number of aromatic nitrogens is 2. The van der Waals surface area contributed by atoms with Gasteiger partial charge in [0.15, 0.2) is 0 Å².